The van der Waals surface area contributed by atoms with Gasteiger partial charge in [-0.2, -0.15) is 15.6 Å². The van der Waals surface area contributed by atoms with Crippen molar-refractivity contribution in [2.45, 2.75) is 56.4 Å². The summed E-state index contributed by atoms with van der Waals surface area (Å²) < 4.78 is 29.5. The molecule has 1 aliphatic rings. The molecule has 1 fully saturated rings. The topological polar surface area (TPSA) is 84.3 Å². The van der Waals surface area contributed by atoms with Gasteiger partial charge in [-0.05, 0) is 66.8 Å². The van der Waals surface area contributed by atoms with Crippen LogP contribution >= 0.6 is 11.3 Å². The van der Waals surface area contributed by atoms with Gasteiger partial charge in [-0.25, -0.2) is 13.4 Å². The highest BCUT2D eigenvalue weighted by Crippen LogP contribution is 2.25. The lowest BCUT2D eigenvalue weighted by Gasteiger charge is -2.25. The van der Waals surface area contributed by atoms with Gasteiger partial charge in [-0.3, -0.25) is 4.79 Å². The lowest BCUT2D eigenvalue weighted by molar-refractivity contribution is -0.121. The van der Waals surface area contributed by atoms with Gasteiger partial charge in [0.25, 0.3) is 0 Å². The molecule has 1 saturated heterocycles. The van der Waals surface area contributed by atoms with Crippen molar-refractivity contribution in [2.24, 2.45) is 7.05 Å². The van der Waals surface area contributed by atoms with Crippen LogP contribution in [0, 0.1) is 0 Å². The molecule has 0 radical (unpaired) electrons. The summed E-state index contributed by atoms with van der Waals surface area (Å²) in [6.07, 6.45) is 4.54. The number of sulfonamides is 1. The number of aromatic nitrogens is 2. The number of nitrogens with one attached hydrogen (secondary N) is 1. The maximum Gasteiger partial charge on any atom is 0.243 e. The number of aryl methyl sites for hydroxylation is 2. The van der Waals surface area contributed by atoms with Crippen LogP contribution in [0.5, 0.6) is 0 Å². The van der Waals surface area contributed by atoms with Gasteiger partial charge in [-0.1, -0.05) is 6.42 Å². The minimum atomic E-state index is -3.50. The molecule has 1 amide bonds. The van der Waals surface area contributed by atoms with Crippen molar-refractivity contribution in [1.29, 1.82) is 0 Å². The average molecular weight is 475 g/mol. The Morgan fingerprint density at radius 3 is 2.72 bits per heavy atom. The van der Waals surface area contributed by atoms with Crippen LogP contribution in [0.2, 0.25) is 0 Å². The summed E-state index contributed by atoms with van der Waals surface area (Å²) in [5.41, 5.74) is 2.74. The molecule has 1 unspecified atom stereocenters. The van der Waals surface area contributed by atoms with Crippen LogP contribution in [0.4, 0.5) is 0 Å². The Hall–Kier alpha value is -2.23. The van der Waals surface area contributed by atoms with E-state index < -0.39 is 10.0 Å². The van der Waals surface area contributed by atoms with E-state index >= 15 is 0 Å². The number of fused-ring (bicyclic) bond motifs is 1. The van der Waals surface area contributed by atoms with Crippen molar-refractivity contribution in [2.75, 3.05) is 13.1 Å². The summed E-state index contributed by atoms with van der Waals surface area (Å²) in [6, 6.07) is 7.28. The molecule has 0 aliphatic carbocycles. The highest BCUT2D eigenvalue weighted by atomic mass is 32.2. The van der Waals surface area contributed by atoms with Gasteiger partial charge in [0.05, 0.1) is 15.9 Å². The van der Waals surface area contributed by atoms with Gasteiger partial charge in [0.1, 0.15) is 5.82 Å². The molecular weight excluding hydrogens is 444 g/mol. The zero-order valence-electron chi connectivity index (χ0n) is 18.6. The monoisotopic (exact) mass is 474 g/mol. The van der Waals surface area contributed by atoms with Crippen LogP contribution in [0.25, 0.3) is 11.0 Å². The van der Waals surface area contributed by atoms with E-state index in [1.807, 2.05) is 30.0 Å². The Labute approximate surface area is 193 Å². The SMILES string of the molecule is CC(Cc1ccsc1)NC(=O)CCc1nc2cc(S(=O)(=O)N3CCCCC3)ccc2n1C. The number of hydrogen-bond acceptors (Lipinski definition) is 5. The summed E-state index contributed by atoms with van der Waals surface area (Å²) in [5.74, 6) is 0.765. The van der Waals surface area contributed by atoms with Gasteiger partial charge < -0.3 is 9.88 Å². The first-order valence-electron chi connectivity index (χ1n) is 11.1. The molecule has 9 heteroatoms. The van der Waals surface area contributed by atoms with Gasteiger partial charge in [0.15, 0.2) is 0 Å². The molecule has 2 aromatic heterocycles. The smallest absolute Gasteiger partial charge is 0.243 e. The number of piperidine rings is 1. The Morgan fingerprint density at radius 2 is 2.00 bits per heavy atom. The van der Waals surface area contributed by atoms with Crippen molar-refractivity contribution >= 4 is 38.3 Å². The van der Waals surface area contributed by atoms with E-state index in [0.717, 1.165) is 37.0 Å². The van der Waals surface area contributed by atoms with E-state index in [0.29, 0.717) is 31.4 Å². The van der Waals surface area contributed by atoms with E-state index in [2.05, 4.69) is 21.7 Å². The number of carbonyl (C=O) groups excluding carboxylic acids is 1. The van der Waals surface area contributed by atoms with Crippen molar-refractivity contribution in [3.05, 3.63) is 46.4 Å². The van der Waals surface area contributed by atoms with Gasteiger partial charge in [0, 0.05) is 39.0 Å². The highest BCUT2D eigenvalue weighted by Gasteiger charge is 2.26. The number of imidazole rings is 1. The first kappa shape index (κ1) is 22.9. The van der Waals surface area contributed by atoms with E-state index in [4.69, 9.17) is 0 Å². The molecule has 0 bridgehead atoms. The summed E-state index contributed by atoms with van der Waals surface area (Å²) >= 11 is 1.66. The number of hydrogen-bond donors (Lipinski definition) is 1. The zero-order chi connectivity index (χ0) is 22.7. The molecule has 32 heavy (non-hydrogen) atoms. The van der Waals surface area contributed by atoms with Crippen LogP contribution in [0.15, 0.2) is 39.9 Å². The molecule has 7 nitrogen and oxygen atoms in total. The summed E-state index contributed by atoms with van der Waals surface area (Å²) in [6.45, 7) is 3.16. The second-order valence-corrected chi connectivity index (χ2v) is 11.2. The Balaban J connectivity index is 1.42. The fourth-order valence-corrected chi connectivity index (χ4v) is 6.47. The van der Waals surface area contributed by atoms with Crippen LogP contribution in [0.3, 0.4) is 0 Å². The molecule has 1 aromatic carbocycles. The van der Waals surface area contributed by atoms with Crippen molar-refractivity contribution < 1.29 is 13.2 Å². The Kier molecular flexibility index (Phi) is 6.97. The summed E-state index contributed by atoms with van der Waals surface area (Å²) in [4.78, 5) is 17.3. The normalized spacial score (nSPS) is 16.3. The molecule has 1 atom stereocenters. The van der Waals surface area contributed by atoms with E-state index in [9.17, 15) is 13.2 Å². The fourth-order valence-electron chi connectivity index (χ4n) is 4.25. The number of thiophene rings is 1. The van der Waals surface area contributed by atoms with Gasteiger partial charge in [-0.15, -0.1) is 0 Å². The molecule has 1 N–H and O–H groups in total. The minimum Gasteiger partial charge on any atom is -0.353 e. The van der Waals surface area contributed by atoms with Crippen LogP contribution in [0.1, 0.15) is 44.0 Å². The molecule has 4 rings (SSSR count). The lowest BCUT2D eigenvalue weighted by Crippen LogP contribution is -2.35. The number of nitrogens with zero attached hydrogens (tertiary/aromatic N) is 3. The third kappa shape index (κ3) is 5.05. The molecule has 3 aromatic rings. The molecule has 0 saturated carbocycles. The first-order valence-corrected chi connectivity index (χ1v) is 13.5. The predicted octanol–water partition coefficient (Wildman–Crippen LogP) is 3.49. The third-order valence-corrected chi connectivity index (χ3v) is 8.63. The summed E-state index contributed by atoms with van der Waals surface area (Å²) in [5, 5.41) is 7.19. The standard InChI is InChI=1S/C23H30N4O3S2/c1-17(14-18-10-13-31-16-18)24-23(28)9-8-22-25-20-15-19(6-7-21(20)26(22)2)32(29,30)27-11-4-3-5-12-27/h6-7,10,13,15-17H,3-5,8-9,11-12,14H2,1-2H3,(H,24,28). The largest absolute Gasteiger partial charge is 0.353 e. The average Bonchev–Trinajstić information content (AvgIpc) is 3.40. The van der Waals surface area contributed by atoms with Gasteiger partial charge >= 0.3 is 0 Å². The zero-order valence-corrected chi connectivity index (χ0v) is 20.2. The first-order chi connectivity index (χ1) is 15.3. The van der Waals surface area contributed by atoms with Crippen molar-refractivity contribution in [1.82, 2.24) is 19.2 Å². The molecule has 0 spiro atoms. The van der Waals surface area contributed by atoms with E-state index in [1.54, 1.807) is 27.8 Å². The Bertz CT molecular complexity index is 1180. The molecule has 172 valence electrons. The lowest BCUT2D eigenvalue weighted by atomic mass is 10.1. The summed E-state index contributed by atoms with van der Waals surface area (Å²) in [7, 11) is -1.59. The number of rotatable bonds is 8. The van der Waals surface area contributed by atoms with Gasteiger partial charge in [0.2, 0.25) is 15.9 Å². The quantitative estimate of drug-likeness (QED) is 0.542. The maximum atomic E-state index is 13.0. The van der Waals surface area contributed by atoms with Crippen molar-refractivity contribution in [3.8, 4) is 0 Å². The molecule has 3 heterocycles. The predicted molar refractivity (Wildman–Crippen MR) is 127 cm³/mol. The molecular formula is C23H30N4O3S2. The van der Waals surface area contributed by atoms with Crippen LogP contribution in [-0.4, -0.2) is 47.3 Å². The minimum absolute atomic E-state index is 0.00634. The number of benzene rings is 1. The van der Waals surface area contributed by atoms with Crippen LogP contribution in [-0.2, 0) is 34.7 Å². The second kappa shape index (κ2) is 9.72. The second-order valence-electron chi connectivity index (χ2n) is 8.51. The van der Waals surface area contributed by atoms with E-state index in [1.165, 1.54) is 5.56 Å². The van der Waals surface area contributed by atoms with E-state index in [-0.39, 0.29) is 16.8 Å². The van der Waals surface area contributed by atoms with Crippen molar-refractivity contribution in [3.63, 3.8) is 0 Å². The maximum absolute atomic E-state index is 13.0. The highest BCUT2D eigenvalue weighted by molar-refractivity contribution is 7.89. The number of amides is 1. The number of carbonyl (C=O) groups is 1. The molecule has 1 aliphatic heterocycles. The van der Waals surface area contributed by atoms with Crippen LogP contribution < -0.4 is 5.32 Å². The Morgan fingerprint density at radius 1 is 1.22 bits per heavy atom. The third-order valence-electron chi connectivity index (χ3n) is 6.00. The fraction of sp³-hybridized carbons (Fsp3) is 0.478.